The summed E-state index contributed by atoms with van der Waals surface area (Å²) in [7, 11) is 0. The SMILES string of the molecule is CCc1ccc(C(NN)c2sccc2Br)s1. The van der Waals surface area contributed by atoms with Gasteiger partial charge in [0.15, 0.2) is 0 Å². The van der Waals surface area contributed by atoms with Gasteiger partial charge in [-0.2, -0.15) is 0 Å². The molecule has 2 nitrogen and oxygen atoms in total. The smallest absolute Gasteiger partial charge is 0.0905 e. The standard InChI is InChI=1S/C11H13BrN2S2/c1-2-7-3-4-9(16-7)10(14-13)11-8(12)5-6-15-11/h3-6,10,14H,2,13H2,1H3. The third-order valence-electron chi connectivity index (χ3n) is 2.39. The molecule has 0 aromatic carbocycles. The number of thiophene rings is 2. The molecule has 0 fully saturated rings. The van der Waals surface area contributed by atoms with Crippen molar-refractivity contribution in [2.75, 3.05) is 0 Å². The van der Waals surface area contributed by atoms with Crippen LogP contribution in [0.15, 0.2) is 28.1 Å². The Hall–Kier alpha value is -0.200. The monoisotopic (exact) mass is 316 g/mol. The molecule has 0 aliphatic rings. The van der Waals surface area contributed by atoms with Crippen molar-refractivity contribution in [3.05, 3.63) is 42.7 Å². The molecule has 0 spiro atoms. The molecule has 2 aromatic heterocycles. The number of rotatable bonds is 4. The van der Waals surface area contributed by atoms with E-state index >= 15 is 0 Å². The molecule has 3 N–H and O–H groups in total. The summed E-state index contributed by atoms with van der Waals surface area (Å²) in [6.07, 6.45) is 1.08. The van der Waals surface area contributed by atoms with E-state index in [-0.39, 0.29) is 6.04 Å². The first-order valence-electron chi connectivity index (χ1n) is 5.04. The van der Waals surface area contributed by atoms with E-state index in [0.29, 0.717) is 0 Å². The van der Waals surface area contributed by atoms with E-state index in [0.717, 1.165) is 10.9 Å². The Balaban J connectivity index is 2.32. The lowest BCUT2D eigenvalue weighted by atomic mass is 10.2. The van der Waals surface area contributed by atoms with E-state index in [9.17, 15) is 0 Å². The quantitative estimate of drug-likeness (QED) is 0.667. The average Bonchev–Trinajstić information content (AvgIpc) is 2.90. The molecule has 0 saturated heterocycles. The van der Waals surface area contributed by atoms with Crippen molar-refractivity contribution < 1.29 is 0 Å². The van der Waals surface area contributed by atoms with E-state index in [2.05, 4.69) is 51.9 Å². The molecule has 86 valence electrons. The van der Waals surface area contributed by atoms with Crippen molar-refractivity contribution in [1.29, 1.82) is 0 Å². The van der Waals surface area contributed by atoms with Crippen molar-refractivity contribution >= 4 is 38.6 Å². The number of hydrogen-bond acceptors (Lipinski definition) is 4. The molecule has 2 rings (SSSR count). The zero-order valence-corrected chi connectivity index (χ0v) is 12.1. The summed E-state index contributed by atoms with van der Waals surface area (Å²) in [5.41, 5.74) is 2.89. The van der Waals surface area contributed by atoms with Gasteiger partial charge in [0, 0.05) is 19.1 Å². The zero-order chi connectivity index (χ0) is 11.5. The lowest BCUT2D eigenvalue weighted by molar-refractivity contribution is 0.654. The van der Waals surface area contributed by atoms with Crippen molar-refractivity contribution in [3.63, 3.8) is 0 Å². The highest BCUT2D eigenvalue weighted by Gasteiger charge is 2.18. The molecule has 0 amide bonds. The Bertz CT molecular complexity index is 464. The van der Waals surface area contributed by atoms with Crippen molar-refractivity contribution in [1.82, 2.24) is 5.43 Å². The summed E-state index contributed by atoms with van der Waals surface area (Å²) >= 11 is 7.08. The van der Waals surface area contributed by atoms with Gasteiger partial charge in [0.1, 0.15) is 0 Å². The predicted molar refractivity (Wildman–Crippen MR) is 74.9 cm³/mol. The topological polar surface area (TPSA) is 38.0 Å². The fraction of sp³-hybridized carbons (Fsp3) is 0.273. The lowest BCUT2D eigenvalue weighted by Crippen LogP contribution is -2.27. The molecule has 0 saturated carbocycles. The van der Waals surface area contributed by atoms with Gasteiger partial charge in [0.2, 0.25) is 0 Å². The number of aryl methyl sites for hydroxylation is 1. The van der Waals surface area contributed by atoms with E-state index in [1.165, 1.54) is 14.6 Å². The zero-order valence-electron chi connectivity index (χ0n) is 8.87. The summed E-state index contributed by atoms with van der Waals surface area (Å²) in [6, 6.07) is 6.48. The first kappa shape index (κ1) is 12.3. The summed E-state index contributed by atoms with van der Waals surface area (Å²) in [6.45, 7) is 2.17. The average molecular weight is 317 g/mol. The van der Waals surface area contributed by atoms with Gasteiger partial charge in [-0.1, -0.05) is 6.92 Å². The van der Waals surface area contributed by atoms with Gasteiger partial charge in [-0.05, 0) is 45.9 Å². The molecule has 0 radical (unpaired) electrons. The Labute approximate surface area is 112 Å². The molecule has 2 aromatic rings. The number of hydrazine groups is 1. The van der Waals surface area contributed by atoms with Crippen LogP contribution >= 0.6 is 38.6 Å². The Morgan fingerprint density at radius 3 is 2.75 bits per heavy atom. The first-order chi connectivity index (χ1) is 7.76. The van der Waals surface area contributed by atoms with Crippen LogP contribution in [-0.2, 0) is 6.42 Å². The van der Waals surface area contributed by atoms with Crippen LogP contribution in [0, 0.1) is 0 Å². The van der Waals surface area contributed by atoms with E-state index in [4.69, 9.17) is 5.84 Å². The van der Waals surface area contributed by atoms with Gasteiger partial charge in [0.25, 0.3) is 0 Å². The summed E-state index contributed by atoms with van der Waals surface area (Å²) in [5.74, 6) is 5.66. The van der Waals surface area contributed by atoms with Gasteiger partial charge < -0.3 is 0 Å². The lowest BCUT2D eigenvalue weighted by Gasteiger charge is -2.12. The Morgan fingerprint density at radius 2 is 2.25 bits per heavy atom. The molecule has 16 heavy (non-hydrogen) atoms. The minimum Gasteiger partial charge on any atom is -0.271 e. The number of hydrogen-bond donors (Lipinski definition) is 2. The minimum atomic E-state index is 0.0969. The predicted octanol–water partition coefficient (Wildman–Crippen LogP) is 3.69. The molecule has 1 atom stereocenters. The molecule has 0 bridgehead atoms. The van der Waals surface area contributed by atoms with E-state index in [1.54, 1.807) is 11.3 Å². The van der Waals surface area contributed by atoms with Crippen molar-refractivity contribution in [2.45, 2.75) is 19.4 Å². The third kappa shape index (κ3) is 2.38. The third-order valence-corrected chi connectivity index (χ3v) is 5.62. The van der Waals surface area contributed by atoms with Gasteiger partial charge in [-0.15, -0.1) is 22.7 Å². The summed E-state index contributed by atoms with van der Waals surface area (Å²) in [4.78, 5) is 3.89. The molecule has 2 heterocycles. The number of nitrogens with one attached hydrogen (secondary N) is 1. The van der Waals surface area contributed by atoms with Crippen LogP contribution in [0.1, 0.15) is 27.6 Å². The molecular weight excluding hydrogens is 304 g/mol. The molecular formula is C11H13BrN2S2. The molecule has 0 aliphatic heterocycles. The largest absolute Gasteiger partial charge is 0.271 e. The van der Waals surface area contributed by atoms with Crippen LogP contribution in [0.3, 0.4) is 0 Å². The van der Waals surface area contributed by atoms with Crippen LogP contribution in [0.25, 0.3) is 0 Å². The second-order valence-electron chi connectivity index (χ2n) is 3.39. The van der Waals surface area contributed by atoms with Gasteiger partial charge >= 0.3 is 0 Å². The fourth-order valence-corrected chi connectivity index (χ4v) is 4.31. The maximum atomic E-state index is 5.66. The van der Waals surface area contributed by atoms with Gasteiger partial charge in [-0.3, -0.25) is 5.84 Å². The first-order valence-corrected chi connectivity index (χ1v) is 7.52. The number of nitrogens with two attached hydrogens (primary N) is 1. The van der Waals surface area contributed by atoms with Crippen molar-refractivity contribution in [2.24, 2.45) is 5.84 Å². The second-order valence-corrected chi connectivity index (χ2v) is 6.39. The van der Waals surface area contributed by atoms with Crippen LogP contribution < -0.4 is 11.3 Å². The molecule has 1 unspecified atom stereocenters. The van der Waals surface area contributed by atoms with E-state index < -0.39 is 0 Å². The summed E-state index contributed by atoms with van der Waals surface area (Å²) in [5, 5.41) is 2.07. The highest BCUT2D eigenvalue weighted by molar-refractivity contribution is 9.10. The van der Waals surface area contributed by atoms with Crippen LogP contribution in [-0.4, -0.2) is 0 Å². The fourth-order valence-electron chi connectivity index (χ4n) is 1.54. The van der Waals surface area contributed by atoms with Crippen LogP contribution in [0.5, 0.6) is 0 Å². The molecule has 5 heteroatoms. The van der Waals surface area contributed by atoms with E-state index in [1.807, 2.05) is 11.3 Å². The van der Waals surface area contributed by atoms with Crippen LogP contribution in [0.4, 0.5) is 0 Å². The highest BCUT2D eigenvalue weighted by Crippen LogP contribution is 2.35. The van der Waals surface area contributed by atoms with Gasteiger partial charge in [-0.25, -0.2) is 5.43 Å². The van der Waals surface area contributed by atoms with Crippen LogP contribution in [0.2, 0.25) is 0 Å². The number of halogens is 1. The maximum Gasteiger partial charge on any atom is 0.0905 e. The highest BCUT2D eigenvalue weighted by atomic mass is 79.9. The normalized spacial score (nSPS) is 12.9. The maximum absolute atomic E-state index is 5.66. The van der Waals surface area contributed by atoms with Gasteiger partial charge in [0.05, 0.1) is 6.04 Å². The second kappa shape index (κ2) is 5.42. The summed E-state index contributed by atoms with van der Waals surface area (Å²) < 4.78 is 1.12. The van der Waals surface area contributed by atoms with Crippen molar-refractivity contribution in [3.8, 4) is 0 Å². The minimum absolute atomic E-state index is 0.0969. The molecule has 0 aliphatic carbocycles. The Kier molecular flexibility index (Phi) is 4.16. The Morgan fingerprint density at radius 1 is 1.44 bits per heavy atom.